The van der Waals surface area contributed by atoms with Crippen molar-refractivity contribution >= 4 is 5.78 Å². The van der Waals surface area contributed by atoms with Crippen molar-refractivity contribution in [2.75, 3.05) is 6.61 Å². The van der Waals surface area contributed by atoms with E-state index in [1.165, 1.54) is 5.56 Å². The number of rotatable bonds is 6. The molecule has 2 nitrogen and oxygen atoms in total. The standard InChI is InChI=1S/C14H20O2/c1-11(2)13-6-8-14(9-7-13)16-10-4-5-12(3)15/h6-9,11H,4-5,10H2,1-3H3. The Balaban J connectivity index is 2.35. The van der Waals surface area contributed by atoms with Crippen molar-refractivity contribution < 1.29 is 9.53 Å². The lowest BCUT2D eigenvalue weighted by Gasteiger charge is -2.08. The van der Waals surface area contributed by atoms with Gasteiger partial charge >= 0.3 is 0 Å². The molecule has 0 radical (unpaired) electrons. The fourth-order valence-corrected chi connectivity index (χ4v) is 1.46. The molecule has 0 saturated carbocycles. The Hall–Kier alpha value is -1.31. The fourth-order valence-electron chi connectivity index (χ4n) is 1.46. The predicted molar refractivity (Wildman–Crippen MR) is 65.9 cm³/mol. The molecule has 0 aromatic heterocycles. The maximum absolute atomic E-state index is 10.7. The minimum atomic E-state index is 0.221. The highest BCUT2D eigenvalue weighted by atomic mass is 16.5. The van der Waals surface area contributed by atoms with Crippen LogP contribution >= 0.6 is 0 Å². The van der Waals surface area contributed by atoms with E-state index in [-0.39, 0.29) is 5.78 Å². The Bertz CT molecular complexity index is 325. The van der Waals surface area contributed by atoms with Crippen LogP contribution < -0.4 is 4.74 Å². The van der Waals surface area contributed by atoms with E-state index in [2.05, 4.69) is 26.0 Å². The molecule has 16 heavy (non-hydrogen) atoms. The largest absolute Gasteiger partial charge is 0.494 e. The molecule has 1 aromatic rings. The number of benzene rings is 1. The summed E-state index contributed by atoms with van der Waals surface area (Å²) in [5.41, 5.74) is 1.32. The maximum Gasteiger partial charge on any atom is 0.129 e. The third-order valence-corrected chi connectivity index (χ3v) is 2.49. The first kappa shape index (κ1) is 12.8. The first-order chi connectivity index (χ1) is 7.59. The van der Waals surface area contributed by atoms with Gasteiger partial charge in [-0.1, -0.05) is 26.0 Å². The van der Waals surface area contributed by atoms with Gasteiger partial charge in [-0.3, -0.25) is 0 Å². The normalized spacial score (nSPS) is 10.5. The second kappa shape index (κ2) is 6.31. The van der Waals surface area contributed by atoms with E-state index >= 15 is 0 Å². The van der Waals surface area contributed by atoms with Gasteiger partial charge in [-0.25, -0.2) is 0 Å². The molecule has 0 fully saturated rings. The van der Waals surface area contributed by atoms with Crippen molar-refractivity contribution in [2.45, 2.75) is 39.5 Å². The third-order valence-electron chi connectivity index (χ3n) is 2.49. The van der Waals surface area contributed by atoms with Gasteiger partial charge in [-0.2, -0.15) is 0 Å². The van der Waals surface area contributed by atoms with Crippen molar-refractivity contribution in [3.63, 3.8) is 0 Å². The Morgan fingerprint density at radius 1 is 1.25 bits per heavy atom. The van der Waals surface area contributed by atoms with E-state index in [9.17, 15) is 4.79 Å². The Morgan fingerprint density at radius 2 is 1.88 bits per heavy atom. The van der Waals surface area contributed by atoms with Crippen LogP contribution in [0.1, 0.15) is 45.1 Å². The molecule has 0 unspecified atom stereocenters. The lowest BCUT2D eigenvalue weighted by molar-refractivity contribution is -0.117. The summed E-state index contributed by atoms with van der Waals surface area (Å²) < 4.78 is 5.54. The van der Waals surface area contributed by atoms with Gasteiger partial charge in [0.2, 0.25) is 0 Å². The van der Waals surface area contributed by atoms with Gasteiger partial charge in [0, 0.05) is 6.42 Å². The highest BCUT2D eigenvalue weighted by Gasteiger charge is 1.99. The van der Waals surface area contributed by atoms with Gasteiger partial charge in [0.25, 0.3) is 0 Å². The second-order valence-corrected chi connectivity index (χ2v) is 4.38. The molecule has 0 amide bonds. The zero-order valence-corrected chi connectivity index (χ0v) is 10.3. The van der Waals surface area contributed by atoms with E-state index < -0.39 is 0 Å². The number of hydrogen-bond donors (Lipinski definition) is 0. The molecule has 0 saturated heterocycles. The summed E-state index contributed by atoms with van der Waals surface area (Å²) in [6, 6.07) is 8.15. The average Bonchev–Trinajstić information content (AvgIpc) is 2.25. The molecule has 0 aliphatic carbocycles. The highest BCUT2D eigenvalue weighted by Crippen LogP contribution is 2.18. The van der Waals surface area contributed by atoms with Gasteiger partial charge in [0.15, 0.2) is 0 Å². The number of hydrogen-bond acceptors (Lipinski definition) is 2. The number of carbonyl (C=O) groups excluding carboxylic acids is 1. The highest BCUT2D eigenvalue weighted by molar-refractivity contribution is 5.75. The molecule has 1 rings (SSSR count). The maximum atomic E-state index is 10.7. The van der Waals surface area contributed by atoms with Crippen LogP contribution in [0, 0.1) is 0 Å². The molecule has 2 heteroatoms. The van der Waals surface area contributed by atoms with Crippen LogP contribution in [-0.2, 0) is 4.79 Å². The summed E-state index contributed by atoms with van der Waals surface area (Å²) >= 11 is 0. The monoisotopic (exact) mass is 220 g/mol. The minimum absolute atomic E-state index is 0.221. The molecule has 0 bridgehead atoms. The van der Waals surface area contributed by atoms with E-state index in [1.807, 2.05) is 12.1 Å². The van der Waals surface area contributed by atoms with Crippen LogP contribution in [0.5, 0.6) is 5.75 Å². The van der Waals surface area contributed by atoms with Gasteiger partial charge in [0.05, 0.1) is 6.61 Å². The van der Waals surface area contributed by atoms with Crippen LogP contribution in [0.4, 0.5) is 0 Å². The van der Waals surface area contributed by atoms with Gasteiger partial charge in [-0.15, -0.1) is 0 Å². The number of carbonyl (C=O) groups is 1. The van der Waals surface area contributed by atoms with Crippen LogP contribution in [0.2, 0.25) is 0 Å². The average molecular weight is 220 g/mol. The van der Waals surface area contributed by atoms with Crippen molar-refractivity contribution in [3.8, 4) is 5.75 Å². The smallest absolute Gasteiger partial charge is 0.129 e. The van der Waals surface area contributed by atoms with Crippen molar-refractivity contribution in [3.05, 3.63) is 29.8 Å². The molecule has 0 heterocycles. The van der Waals surface area contributed by atoms with Crippen LogP contribution in [0.25, 0.3) is 0 Å². The quantitative estimate of drug-likeness (QED) is 0.685. The van der Waals surface area contributed by atoms with Crippen LogP contribution in [-0.4, -0.2) is 12.4 Å². The summed E-state index contributed by atoms with van der Waals surface area (Å²) in [5, 5.41) is 0. The summed E-state index contributed by atoms with van der Waals surface area (Å²) in [5.74, 6) is 1.65. The Morgan fingerprint density at radius 3 is 2.38 bits per heavy atom. The minimum Gasteiger partial charge on any atom is -0.494 e. The predicted octanol–water partition coefficient (Wildman–Crippen LogP) is 3.56. The molecular weight excluding hydrogens is 200 g/mol. The summed E-state index contributed by atoms with van der Waals surface area (Å²) in [4.78, 5) is 10.7. The summed E-state index contributed by atoms with van der Waals surface area (Å²) in [6.45, 7) is 6.56. The summed E-state index contributed by atoms with van der Waals surface area (Å²) in [7, 11) is 0. The summed E-state index contributed by atoms with van der Waals surface area (Å²) in [6.07, 6.45) is 1.39. The molecule has 88 valence electrons. The van der Waals surface area contributed by atoms with E-state index in [0.29, 0.717) is 18.9 Å². The zero-order valence-electron chi connectivity index (χ0n) is 10.3. The van der Waals surface area contributed by atoms with Crippen LogP contribution in [0.15, 0.2) is 24.3 Å². The van der Waals surface area contributed by atoms with E-state index in [0.717, 1.165) is 12.2 Å². The van der Waals surface area contributed by atoms with Crippen molar-refractivity contribution in [1.29, 1.82) is 0 Å². The molecule has 0 atom stereocenters. The number of ketones is 1. The lowest BCUT2D eigenvalue weighted by Crippen LogP contribution is -2.00. The number of Topliss-reactive ketones (excluding diaryl/α,β-unsaturated/α-hetero) is 1. The van der Waals surface area contributed by atoms with E-state index in [4.69, 9.17) is 4.74 Å². The topological polar surface area (TPSA) is 26.3 Å². The fraction of sp³-hybridized carbons (Fsp3) is 0.500. The lowest BCUT2D eigenvalue weighted by atomic mass is 10.0. The molecule has 0 aliphatic heterocycles. The second-order valence-electron chi connectivity index (χ2n) is 4.38. The number of ether oxygens (including phenoxy) is 1. The van der Waals surface area contributed by atoms with Crippen LogP contribution in [0.3, 0.4) is 0 Å². The van der Waals surface area contributed by atoms with Crippen molar-refractivity contribution in [2.24, 2.45) is 0 Å². The SMILES string of the molecule is CC(=O)CCCOc1ccc(C(C)C)cc1. The van der Waals surface area contributed by atoms with E-state index in [1.54, 1.807) is 6.92 Å². The van der Waals surface area contributed by atoms with Gasteiger partial charge in [0.1, 0.15) is 11.5 Å². The first-order valence-electron chi connectivity index (χ1n) is 5.82. The molecular formula is C14H20O2. The molecule has 1 aromatic carbocycles. The first-order valence-corrected chi connectivity index (χ1v) is 5.82. The Kier molecular flexibility index (Phi) is 5.03. The molecule has 0 spiro atoms. The van der Waals surface area contributed by atoms with Crippen molar-refractivity contribution in [1.82, 2.24) is 0 Å². The van der Waals surface area contributed by atoms with Gasteiger partial charge in [-0.05, 0) is 37.0 Å². The molecule has 0 aliphatic rings. The zero-order chi connectivity index (χ0) is 12.0. The van der Waals surface area contributed by atoms with Gasteiger partial charge < -0.3 is 9.53 Å². The Labute approximate surface area is 97.6 Å². The molecule has 0 N–H and O–H groups in total. The third kappa shape index (κ3) is 4.47.